The number of ketones is 1. The summed E-state index contributed by atoms with van der Waals surface area (Å²) in [5.41, 5.74) is 1.62. The van der Waals surface area contributed by atoms with Gasteiger partial charge in [0.15, 0.2) is 5.78 Å². The molecule has 0 radical (unpaired) electrons. The number of hydrogen-bond acceptors (Lipinski definition) is 3. The van der Waals surface area contributed by atoms with Crippen LogP contribution in [0, 0.1) is 0 Å². The van der Waals surface area contributed by atoms with Gasteiger partial charge in [0.05, 0.1) is 5.56 Å². The second-order valence-electron chi connectivity index (χ2n) is 5.36. The lowest BCUT2D eigenvalue weighted by Crippen LogP contribution is -2.06. The first-order chi connectivity index (χ1) is 12.2. The lowest BCUT2D eigenvalue weighted by Gasteiger charge is -2.09. The maximum atomic E-state index is 12.5. The van der Waals surface area contributed by atoms with Gasteiger partial charge in [-0.25, -0.2) is 4.79 Å². The Morgan fingerprint density at radius 1 is 0.600 bits per heavy atom. The third kappa shape index (κ3) is 4.30. The van der Waals surface area contributed by atoms with Gasteiger partial charge < -0.3 is 4.74 Å². The fourth-order valence-corrected chi connectivity index (χ4v) is 2.31. The molecule has 0 saturated carbocycles. The van der Waals surface area contributed by atoms with E-state index < -0.39 is 5.97 Å². The molecule has 0 unspecified atom stereocenters. The normalized spacial score (nSPS) is 11.0. The molecule has 0 heterocycles. The molecule has 25 heavy (non-hydrogen) atoms. The van der Waals surface area contributed by atoms with Gasteiger partial charge in [-0.3, -0.25) is 4.79 Å². The van der Waals surface area contributed by atoms with E-state index in [1.807, 2.05) is 30.3 Å². The van der Waals surface area contributed by atoms with Crippen molar-refractivity contribution < 1.29 is 14.3 Å². The Morgan fingerprint density at radius 2 is 1.04 bits per heavy atom. The first-order valence-corrected chi connectivity index (χ1v) is 7.88. The largest absolute Gasteiger partial charge is 0.422 e. The van der Waals surface area contributed by atoms with Gasteiger partial charge in [0.1, 0.15) is 5.76 Å². The average Bonchev–Trinajstić information content (AvgIpc) is 2.69. The number of carbonyl (C=O) groups is 2. The molecule has 0 N–H and O–H groups in total. The number of benzene rings is 3. The smallest absolute Gasteiger partial charge is 0.343 e. The van der Waals surface area contributed by atoms with E-state index in [2.05, 4.69) is 0 Å². The zero-order chi connectivity index (χ0) is 17.5. The monoisotopic (exact) mass is 328 g/mol. The summed E-state index contributed by atoms with van der Waals surface area (Å²) in [7, 11) is 0. The SMILES string of the molecule is O=C(/C=C(\OC(=O)c1ccccc1)c1ccccc1)c1ccccc1. The van der Waals surface area contributed by atoms with Crippen LogP contribution >= 0.6 is 0 Å². The molecular formula is C22H16O3. The molecule has 3 aromatic carbocycles. The quantitative estimate of drug-likeness (QED) is 0.293. The summed E-state index contributed by atoms with van der Waals surface area (Å²) in [6.07, 6.45) is 1.35. The van der Waals surface area contributed by atoms with Crippen molar-refractivity contribution in [2.24, 2.45) is 0 Å². The highest BCUT2D eigenvalue weighted by Crippen LogP contribution is 2.19. The molecule has 0 fully saturated rings. The first kappa shape index (κ1) is 16.4. The van der Waals surface area contributed by atoms with Crippen LogP contribution in [0.5, 0.6) is 0 Å². The van der Waals surface area contributed by atoms with Crippen LogP contribution in [0.15, 0.2) is 97.1 Å². The fraction of sp³-hybridized carbons (Fsp3) is 0. The minimum absolute atomic E-state index is 0.222. The van der Waals surface area contributed by atoms with Crippen molar-refractivity contribution in [2.75, 3.05) is 0 Å². The van der Waals surface area contributed by atoms with Crippen LogP contribution in [0.3, 0.4) is 0 Å². The Morgan fingerprint density at radius 3 is 1.56 bits per heavy atom. The van der Waals surface area contributed by atoms with Crippen molar-refractivity contribution in [3.8, 4) is 0 Å². The van der Waals surface area contributed by atoms with Crippen molar-refractivity contribution in [3.63, 3.8) is 0 Å². The molecule has 0 bridgehead atoms. The van der Waals surface area contributed by atoms with Gasteiger partial charge in [0, 0.05) is 17.2 Å². The van der Waals surface area contributed by atoms with Crippen molar-refractivity contribution >= 4 is 17.5 Å². The van der Waals surface area contributed by atoms with Crippen LogP contribution in [0.1, 0.15) is 26.3 Å². The van der Waals surface area contributed by atoms with Crippen LogP contribution in [0.4, 0.5) is 0 Å². The molecule has 0 spiro atoms. The van der Waals surface area contributed by atoms with E-state index in [0.29, 0.717) is 16.7 Å². The molecule has 0 aliphatic carbocycles. The molecule has 3 nitrogen and oxygen atoms in total. The van der Waals surface area contributed by atoms with E-state index in [9.17, 15) is 9.59 Å². The van der Waals surface area contributed by atoms with E-state index >= 15 is 0 Å². The van der Waals surface area contributed by atoms with E-state index in [4.69, 9.17) is 4.74 Å². The maximum Gasteiger partial charge on any atom is 0.343 e. The molecule has 3 rings (SSSR count). The molecule has 0 aliphatic heterocycles. The Labute approximate surface area is 146 Å². The zero-order valence-electron chi connectivity index (χ0n) is 13.5. The summed E-state index contributed by atoms with van der Waals surface area (Å²) >= 11 is 0. The predicted molar refractivity (Wildman–Crippen MR) is 97.0 cm³/mol. The zero-order valence-corrected chi connectivity index (χ0v) is 13.5. The maximum absolute atomic E-state index is 12.5. The topological polar surface area (TPSA) is 43.4 Å². The van der Waals surface area contributed by atoms with Crippen molar-refractivity contribution in [1.29, 1.82) is 0 Å². The summed E-state index contributed by atoms with van der Waals surface area (Å²) in [5.74, 6) is -0.500. The fourth-order valence-electron chi connectivity index (χ4n) is 2.31. The number of esters is 1. The molecule has 0 amide bonds. The van der Waals surface area contributed by atoms with Crippen LogP contribution in [0.2, 0.25) is 0 Å². The highest BCUT2D eigenvalue weighted by molar-refractivity contribution is 6.08. The van der Waals surface area contributed by atoms with E-state index in [-0.39, 0.29) is 11.5 Å². The number of carbonyl (C=O) groups excluding carboxylic acids is 2. The summed E-state index contributed by atoms with van der Waals surface area (Å²) in [4.78, 5) is 24.9. The predicted octanol–water partition coefficient (Wildman–Crippen LogP) is 4.77. The van der Waals surface area contributed by atoms with Gasteiger partial charge >= 0.3 is 5.97 Å². The van der Waals surface area contributed by atoms with E-state index in [1.165, 1.54) is 6.08 Å². The number of allylic oxidation sites excluding steroid dienone is 1. The Kier molecular flexibility index (Phi) is 5.17. The third-order valence-corrected chi connectivity index (χ3v) is 3.59. The lowest BCUT2D eigenvalue weighted by atomic mass is 10.1. The molecule has 0 aromatic heterocycles. The van der Waals surface area contributed by atoms with Crippen molar-refractivity contribution in [3.05, 3.63) is 114 Å². The van der Waals surface area contributed by atoms with Crippen LogP contribution in [-0.4, -0.2) is 11.8 Å². The average molecular weight is 328 g/mol. The molecule has 122 valence electrons. The van der Waals surface area contributed by atoms with Gasteiger partial charge in [-0.15, -0.1) is 0 Å². The highest BCUT2D eigenvalue weighted by Gasteiger charge is 2.14. The standard InChI is InChI=1S/C22H16O3/c23-20(17-10-4-1-5-11-17)16-21(18-12-6-2-7-13-18)25-22(24)19-14-8-3-9-15-19/h1-16H/b21-16-. The molecule has 3 heteroatoms. The molecule has 0 aliphatic rings. The van der Waals surface area contributed by atoms with Crippen LogP contribution in [-0.2, 0) is 4.74 Å². The van der Waals surface area contributed by atoms with Crippen molar-refractivity contribution in [2.45, 2.75) is 0 Å². The number of rotatable bonds is 5. The van der Waals surface area contributed by atoms with E-state index in [1.54, 1.807) is 60.7 Å². The molecule has 0 saturated heterocycles. The van der Waals surface area contributed by atoms with Gasteiger partial charge in [0.25, 0.3) is 0 Å². The first-order valence-electron chi connectivity index (χ1n) is 7.88. The second kappa shape index (κ2) is 7.88. The number of ether oxygens (including phenoxy) is 1. The Balaban J connectivity index is 1.92. The minimum Gasteiger partial charge on any atom is -0.422 e. The van der Waals surface area contributed by atoms with Crippen LogP contribution in [0.25, 0.3) is 5.76 Å². The van der Waals surface area contributed by atoms with Crippen LogP contribution < -0.4 is 0 Å². The summed E-state index contributed by atoms with van der Waals surface area (Å²) < 4.78 is 5.52. The van der Waals surface area contributed by atoms with Gasteiger partial charge in [-0.1, -0.05) is 78.9 Å². The Bertz CT molecular complexity index is 882. The third-order valence-electron chi connectivity index (χ3n) is 3.59. The summed E-state index contributed by atoms with van der Waals surface area (Å²) in [5, 5.41) is 0. The Hall–Kier alpha value is -3.46. The lowest BCUT2D eigenvalue weighted by molar-refractivity contribution is 0.0691. The summed E-state index contributed by atoms with van der Waals surface area (Å²) in [6.45, 7) is 0. The summed E-state index contributed by atoms with van der Waals surface area (Å²) in [6, 6.07) is 26.7. The minimum atomic E-state index is -0.503. The molecular weight excluding hydrogens is 312 g/mol. The molecule has 3 aromatic rings. The van der Waals surface area contributed by atoms with E-state index in [0.717, 1.165) is 0 Å². The highest BCUT2D eigenvalue weighted by atomic mass is 16.5. The van der Waals surface area contributed by atoms with Gasteiger partial charge in [-0.2, -0.15) is 0 Å². The number of hydrogen-bond donors (Lipinski definition) is 0. The van der Waals surface area contributed by atoms with Gasteiger partial charge in [-0.05, 0) is 12.1 Å². The molecule has 0 atom stereocenters. The van der Waals surface area contributed by atoms with Crippen molar-refractivity contribution in [1.82, 2.24) is 0 Å². The second-order valence-corrected chi connectivity index (χ2v) is 5.36. The van der Waals surface area contributed by atoms with Gasteiger partial charge in [0.2, 0.25) is 0 Å².